The Kier molecular flexibility index (Phi) is 4.98. The predicted molar refractivity (Wildman–Crippen MR) is 84.1 cm³/mol. The first-order valence-corrected chi connectivity index (χ1v) is 7.60. The van der Waals surface area contributed by atoms with Crippen LogP contribution in [0.1, 0.15) is 32.8 Å². The van der Waals surface area contributed by atoms with Gasteiger partial charge >= 0.3 is 12.3 Å². The van der Waals surface area contributed by atoms with Crippen LogP contribution in [0.25, 0.3) is 0 Å². The van der Waals surface area contributed by atoms with Gasteiger partial charge < -0.3 is 14.7 Å². The van der Waals surface area contributed by atoms with Gasteiger partial charge in [-0.05, 0) is 45.4 Å². The lowest BCUT2D eigenvalue weighted by atomic mass is 10.1. The molecule has 134 valence electrons. The van der Waals surface area contributed by atoms with E-state index in [1.165, 1.54) is 17.0 Å². The molecule has 0 aliphatic carbocycles. The van der Waals surface area contributed by atoms with Gasteiger partial charge in [-0.1, -0.05) is 0 Å². The number of carbonyl (C=O) groups is 1. The molecule has 0 aromatic heterocycles. The number of alkyl halides is 3. The van der Waals surface area contributed by atoms with E-state index in [-0.39, 0.29) is 17.9 Å². The topological polar surface area (TPSA) is 61.8 Å². The van der Waals surface area contributed by atoms with E-state index < -0.39 is 29.5 Å². The fraction of sp³-hybridized carbons (Fsp3) is 0.562. The Morgan fingerprint density at radius 2 is 2.00 bits per heavy atom. The van der Waals surface area contributed by atoms with Gasteiger partial charge in [-0.3, -0.25) is 5.32 Å². The highest BCUT2D eigenvalue weighted by atomic mass is 19.4. The Labute approximate surface area is 138 Å². The van der Waals surface area contributed by atoms with Crippen LogP contribution in [0, 0.1) is 0 Å². The van der Waals surface area contributed by atoms with E-state index in [1.54, 1.807) is 20.8 Å². The minimum absolute atomic E-state index is 0.0000652. The quantitative estimate of drug-likeness (QED) is 0.859. The molecule has 0 radical (unpaired) electrons. The van der Waals surface area contributed by atoms with Gasteiger partial charge in [-0.2, -0.15) is 13.2 Å². The van der Waals surface area contributed by atoms with Gasteiger partial charge in [0.1, 0.15) is 5.60 Å². The van der Waals surface area contributed by atoms with Crippen molar-refractivity contribution in [3.63, 3.8) is 0 Å². The molecule has 5 nitrogen and oxygen atoms in total. The van der Waals surface area contributed by atoms with Crippen LogP contribution >= 0.6 is 0 Å². The zero-order valence-electron chi connectivity index (χ0n) is 13.8. The van der Waals surface area contributed by atoms with Crippen LogP contribution in [0.3, 0.4) is 0 Å². The van der Waals surface area contributed by atoms with Gasteiger partial charge in [-0.15, -0.1) is 0 Å². The highest BCUT2D eigenvalue weighted by molar-refractivity contribution is 5.85. The third kappa shape index (κ3) is 4.77. The average Bonchev–Trinajstić information content (AvgIpc) is 2.82. The van der Waals surface area contributed by atoms with Gasteiger partial charge in [0.2, 0.25) is 0 Å². The molecule has 1 aliphatic rings. The molecule has 1 amide bonds. The Bertz CT molecular complexity index is 612. The van der Waals surface area contributed by atoms with E-state index >= 15 is 0 Å². The molecule has 0 bridgehead atoms. The van der Waals surface area contributed by atoms with Gasteiger partial charge in [0.25, 0.3) is 0 Å². The molecule has 1 aromatic carbocycles. The molecule has 1 saturated heterocycles. The van der Waals surface area contributed by atoms with Crippen LogP contribution in [0.2, 0.25) is 0 Å². The second-order valence-corrected chi connectivity index (χ2v) is 6.75. The zero-order valence-corrected chi connectivity index (χ0v) is 13.8. The number of aliphatic hydroxyl groups is 1. The van der Waals surface area contributed by atoms with Crippen molar-refractivity contribution in [2.45, 2.75) is 45.1 Å². The van der Waals surface area contributed by atoms with Crippen LogP contribution in [0.4, 0.5) is 29.3 Å². The average molecular weight is 346 g/mol. The number of hydrogen-bond donors (Lipinski definition) is 2. The summed E-state index contributed by atoms with van der Waals surface area (Å²) in [6, 6.07) is 3.57. The SMILES string of the molecule is CC(C)(C)OC(=O)Nc1ccc(N2CCC(O)C2)c(C(F)(F)F)c1. The van der Waals surface area contributed by atoms with Gasteiger partial charge in [-0.25, -0.2) is 4.79 Å². The number of β-amino-alcohol motifs (C(OH)–C–C–N with tert-alkyl or cyclic N) is 1. The molecule has 0 spiro atoms. The third-order valence-electron chi connectivity index (χ3n) is 3.45. The Morgan fingerprint density at radius 1 is 1.33 bits per heavy atom. The fourth-order valence-electron chi connectivity index (χ4n) is 2.50. The molecule has 1 aromatic rings. The summed E-state index contributed by atoms with van der Waals surface area (Å²) >= 11 is 0. The van der Waals surface area contributed by atoms with Crippen LogP contribution in [-0.2, 0) is 10.9 Å². The summed E-state index contributed by atoms with van der Waals surface area (Å²) < 4.78 is 45.1. The van der Waals surface area contributed by atoms with Gasteiger partial charge in [0.15, 0.2) is 0 Å². The number of benzene rings is 1. The molecule has 1 unspecified atom stereocenters. The molecule has 24 heavy (non-hydrogen) atoms. The number of nitrogens with zero attached hydrogens (tertiary/aromatic N) is 1. The van der Waals surface area contributed by atoms with Crippen LogP contribution in [-0.4, -0.2) is 36.0 Å². The second-order valence-electron chi connectivity index (χ2n) is 6.75. The van der Waals surface area contributed by atoms with Crippen molar-refractivity contribution in [1.82, 2.24) is 0 Å². The van der Waals surface area contributed by atoms with E-state index in [4.69, 9.17) is 4.74 Å². The lowest BCUT2D eigenvalue weighted by molar-refractivity contribution is -0.137. The number of ether oxygens (including phenoxy) is 1. The summed E-state index contributed by atoms with van der Waals surface area (Å²) in [4.78, 5) is 13.2. The molecular formula is C16H21F3N2O3. The first-order chi connectivity index (χ1) is 11.0. The van der Waals surface area contributed by atoms with Crippen LogP contribution in [0.5, 0.6) is 0 Å². The fourth-order valence-corrected chi connectivity index (χ4v) is 2.50. The molecule has 2 N–H and O–H groups in total. The highest BCUT2D eigenvalue weighted by Crippen LogP contribution is 2.39. The van der Waals surface area contributed by atoms with Crippen molar-refractivity contribution in [3.05, 3.63) is 23.8 Å². The molecule has 2 rings (SSSR count). The number of carbonyl (C=O) groups excluding carboxylic acids is 1. The van der Waals surface area contributed by atoms with E-state index in [0.717, 1.165) is 6.07 Å². The minimum atomic E-state index is -4.57. The van der Waals surface area contributed by atoms with Crippen molar-refractivity contribution in [3.8, 4) is 0 Å². The smallest absolute Gasteiger partial charge is 0.418 e. The van der Waals surface area contributed by atoms with Crippen LogP contribution in [0.15, 0.2) is 18.2 Å². The Morgan fingerprint density at radius 3 is 2.50 bits per heavy atom. The largest absolute Gasteiger partial charge is 0.444 e. The Hall–Kier alpha value is -1.96. The van der Waals surface area contributed by atoms with Gasteiger partial charge in [0, 0.05) is 24.5 Å². The molecule has 1 heterocycles. The molecule has 1 aliphatic heterocycles. The summed E-state index contributed by atoms with van der Waals surface area (Å²) in [6.07, 6.45) is -5.60. The summed E-state index contributed by atoms with van der Waals surface area (Å²) in [6.45, 7) is 5.49. The maximum atomic E-state index is 13.4. The minimum Gasteiger partial charge on any atom is -0.444 e. The first kappa shape index (κ1) is 18.4. The molecule has 0 saturated carbocycles. The molecule has 1 fully saturated rings. The standard InChI is InChI=1S/C16H21F3N2O3/c1-15(2,3)24-14(23)20-10-4-5-13(12(8-10)16(17,18)19)21-7-6-11(22)9-21/h4-5,8,11,22H,6-7,9H2,1-3H3,(H,20,23). The summed E-state index contributed by atoms with van der Waals surface area (Å²) in [5, 5.41) is 11.8. The van der Waals surface area contributed by atoms with Crippen molar-refractivity contribution in [2.24, 2.45) is 0 Å². The van der Waals surface area contributed by atoms with Crippen LogP contribution < -0.4 is 10.2 Å². The van der Waals surface area contributed by atoms with Crippen molar-refractivity contribution in [2.75, 3.05) is 23.3 Å². The number of nitrogens with one attached hydrogen (secondary N) is 1. The molecular weight excluding hydrogens is 325 g/mol. The van der Waals surface area contributed by atoms with Crippen molar-refractivity contribution in [1.29, 1.82) is 0 Å². The van der Waals surface area contributed by atoms with E-state index in [0.29, 0.717) is 13.0 Å². The second kappa shape index (κ2) is 6.51. The lowest BCUT2D eigenvalue weighted by Crippen LogP contribution is -2.27. The van der Waals surface area contributed by atoms with E-state index in [9.17, 15) is 23.1 Å². The predicted octanol–water partition coefficient (Wildman–Crippen LogP) is 3.62. The number of hydrogen-bond acceptors (Lipinski definition) is 4. The highest BCUT2D eigenvalue weighted by Gasteiger charge is 2.36. The third-order valence-corrected chi connectivity index (χ3v) is 3.45. The number of rotatable bonds is 2. The number of anilines is 2. The molecule has 1 atom stereocenters. The van der Waals surface area contributed by atoms with E-state index in [2.05, 4.69) is 5.32 Å². The number of aliphatic hydroxyl groups excluding tert-OH is 1. The Balaban J connectivity index is 2.25. The van der Waals surface area contributed by atoms with Crippen molar-refractivity contribution >= 4 is 17.5 Å². The number of halogens is 3. The summed E-state index contributed by atoms with van der Waals surface area (Å²) in [5.74, 6) is 0. The summed E-state index contributed by atoms with van der Waals surface area (Å²) in [5.41, 5.74) is -1.61. The van der Waals surface area contributed by atoms with Gasteiger partial charge in [0.05, 0.1) is 11.7 Å². The zero-order chi connectivity index (χ0) is 18.1. The lowest BCUT2D eigenvalue weighted by Gasteiger charge is -2.24. The molecule has 8 heteroatoms. The number of amides is 1. The maximum Gasteiger partial charge on any atom is 0.418 e. The first-order valence-electron chi connectivity index (χ1n) is 7.60. The summed E-state index contributed by atoms with van der Waals surface area (Å²) in [7, 11) is 0. The van der Waals surface area contributed by atoms with Crippen molar-refractivity contribution < 1.29 is 27.8 Å². The normalized spacial score (nSPS) is 18.6. The maximum absolute atomic E-state index is 13.4. The monoisotopic (exact) mass is 346 g/mol. The van der Waals surface area contributed by atoms with E-state index in [1.807, 2.05) is 0 Å².